The number of allylic oxidation sites excluding steroid dienone is 5. The lowest BCUT2D eigenvalue weighted by atomic mass is 9.63. The van der Waals surface area contributed by atoms with Gasteiger partial charge in [0.25, 0.3) is 5.69 Å². The van der Waals surface area contributed by atoms with Gasteiger partial charge in [-0.2, -0.15) is 0 Å². The molecule has 0 spiro atoms. The standard InChI is InChI=1S/C38H45N3O9/c1-8-11-23-16-24(17-32(49-9-2)36(23)50-31-13-12-25(40(44)45)18-26(31)41(46)47)33-34-27(19-37(3,4)21-29(34)42)39(14-10-15-48-7)28-20-38(5,6)22-30(43)35(28)33/h8,12-13,16-18,33H,1,9-11,14-15,19-22H2,2-7H3. The summed E-state index contributed by atoms with van der Waals surface area (Å²) in [6.45, 7) is 15.4. The van der Waals surface area contributed by atoms with Gasteiger partial charge in [0, 0.05) is 73.2 Å². The number of nitrogens with zero attached hydrogens (tertiary/aromatic N) is 3. The third-order valence-electron chi connectivity index (χ3n) is 9.47. The van der Waals surface area contributed by atoms with E-state index in [9.17, 15) is 29.8 Å². The topological polar surface area (TPSA) is 151 Å². The molecular weight excluding hydrogens is 642 g/mol. The van der Waals surface area contributed by atoms with E-state index in [-0.39, 0.29) is 52.7 Å². The number of benzene rings is 2. The Hall–Kier alpha value is -4.84. The Balaban J connectivity index is 1.75. The van der Waals surface area contributed by atoms with E-state index in [4.69, 9.17) is 14.2 Å². The van der Waals surface area contributed by atoms with Crippen LogP contribution in [0.5, 0.6) is 17.2 Å². The quantitative estimate of drug-likeness (QED) is 0.0873. The van der Waals surface area contributed by atoms with Crippen LogP contribution in [0.3, 0.4) is 0 Å². The van der Waals surface area contributed by atoms with Gasteiger partial charge in [-0.05, 0) is 61.1 Å². The maximum atomic E-state index is 14.3. The van der Waals surface area contributed by atoms with Crippen LogP contribution in [0, 0.1) is 31.1 Å². The van der Waals surface area contributed by atoms with Crippen LogP contribution in [0.2, 0.25) is 0 Å². The number of hydrogen-bond donors (Lipinski definition) is 0. The summed E-state index contributed by atoms with van der Waals surface area (Å²) in [6, 6.07) is 6.79. The van der Waals surface area contributed by atoms with Crippen molar-refractivity contribution in [2.24, 2.45) is 10.8 Å². The lowest BCUT2D eigenvalue weighted by Crippen LogP contribution is -2.44. The summed E-state index contributed by atoms with van der Waals surface area (Å²) in [5.74, 6) is -0.433. The van der Waals surface area contributed by atoms with Crippen molar-refractivity contribution in [1.29, 1.82) is 0 Å². The third-order valence-corrected chi connectivity index (χ3v) is 9.47. The van der Waals surface area contributed by atoms with E-state index >= 15 is 0 Å². The van der Waals surface area contributed by atoms with E-state index < -0.39 is 27.1 Å². The van der Waals surface area contributed by atoms with Crippen molar-refractivity contribution in [1.82, 2.24) is 4.90 Å². The molecule has 0 atom stereocenters. The molecule has 2 aromatic carbocycles. The number of carbonyl (C=O) groups excluding carboxylic acids is 2. The van der Waals surface area contributed by atoms with Crippen LogP contribution in [0.4, 0.5) is 11.4 Å². The second-order valence-corrected chi connectivity index (χ2v) is 14.7. The molecule has 0 saturated carbocycles. The number of non-ortho nitro benzene ring substituents is 1. The summed E-state index contributed by atoms with van der Waals surface area (Å²) in [5, 5.41) is 23.3. The Labute approximate surface area is 292 Å². The minimum Gasteiger partial charge on any atom is -0.490 e. The largest absolute Gasteiger partial charge is 0.490 e. The fraction of sp³-hybridized carbons (Fsp3) is 0.474. The monoisotopic (exact) mass is 687 g/mol. The predicted octanol–water partition coefficient (Wildman–Crippen LogP) is 8.14. The molecule has 12 heteroatoms. The molecule has 0 unspecified atom stereocenters. The molecule has 12 nitrogen and oxygen atoms in total. The Morgan fingerprint density at radius 2 is 1.54 bits per heavy atom. The summed E-state index contributed by atoms with van der Waals surface area (Å²) in [4.78, 5) is 52.7. The van der Waals surface area contributed by atoms with Crippen LogP contribution in [0.1, 0.15) is 83.8 Å². The van der Waals surface area contributed by atoms with Gasteiger partial charge in [0.2, 0.25) is 5.75 Å². The first-order chi connectivity index (χ1) is 23.6. The molecule has 5 rings (SSSR count). The van der Waals surface area contributed by atoms with Gasteiger partial charge in [0.15, 0.2) is 23.1 Å². The number of hydrogen-bond acceptors (Lipinski definition) is 10. The SMILES string of the molecule is C=CCc1cc(C2C3=C(CC(C)(C)CC3=O)N(CCCOC)C3=C2C(=O)CC(C)(C)C3)cc(OCC)c1Oc1ccc([N+](=O)[O-])cc1[N+](=O)[O-]. The van der Waals surface area contributed by atoms with Crippen molar-refractivity contribution in [2.75, 3.05) is 26.9 Å². The number of carbonyl (C=O) groups is 2. The van der Waals surface area contributed by atoms with Crippen LogP contribution in [0.15, 0.2) is 65.5 Å². The Morgan fingerprint density at radius 1 is 0.920 bits per heavy atom. The molecule has 0 N–H and O–H groups in total. The van der Waals surface area contributed by atoms with Crippen LogP contribution >= 0.6 is 0 Å². The summed E-state index contributed by atoms with van der Waals surface area (Å²) in [7, 11) is 1.66. The summed E-state index contributed by atoms with van der Waals surface area (Å²) >= 11 is 0. The van der Waals surface area contributed by atoms with Gasteiger partial charge in [-0.15, -0.1) is 6.58 Å². The van der Waals surface area contributed by atoms with E-state index in [0.717, 1.165) is 29.9 Å². The molecular formula is C38H45N3O9. The molecule has 0 fully saturated rings. The number of Topliss-reactive ketones (excluding diaryl/α,β-unsaturated/α-hetero) is 2. The first-order valence-corrected chi connectivity index (χ1v) is 16.9. The second kappa shape index (κ2) is 14.2. The van der Waals surface area contributed by atoms with Crippen molar-refractivity contribution < 1.29 is 33.6 Å². The molecule has 1 heterocycles. The van der Waals surface area contributed by atoms with Gasteiger partial charge in [0.05, 0.1) is 22.5 Å². The van der Waals surface area contributed by atoms with E-state index in [1.54, 1.807) is 26.2 Å². The highest BCUT2D eigenvalue weighted by Gasteiger charge is 2.49. The summed E-state index contributed by atoms with van der Waals surface area (Å²) in [5.41, 5.74) is 2.73. The fourth-order valence-electron chi connectivity index (χ4n) is 7.51. The fourth-order valence-corrected chi connectivity index (χ4v) is 7.51. The zero-order valence-corrected chi connectivity index (χ0v) is 29.6. The van der Waals surface area contributed by atoms with Crippen molar-refractivity contribution in [3.05, 3.63) is 96.9 Å². The number of ether oxygens (including phenoxy) is 3. The van der Waals surface area contributed by atoms with Gasteiger partial charge in [-0.25, -0.2) is 0 Å². The van der Waals surface area contributed by atoms with E-state index in [2.05, 4.69) is 39.2 Å². The molecule has 0 radical (unpaired) electrons. The number of nitro groups is 2. The maximum absolute atomic E-state index is 14.3. The maximum Gasteiger partial charge on any atom is 0.318 e. The van der Waals surface area contributed by atoms with Crippen molar-refractivity contribution in [2.45, 2.75) is 79.1 Å². The molecule has 2 aromatic rings. The van der Waals surface area contributed by atoms with Crippen LogP contribution in [-0.4, -0.2) is 53.2 Å². The van der Waals surface area contributed by atoms with Gasteiger partial charge < -0.3 is 19.1 Å². The smallest absolute Gasteiger partial charge is 0.318 e. The zero-order chi connectivity index (χ0) is 36.5. The van der Waals surface area contributed by atoms with Crippen molar-refractivity contribution in [3.63, 3.8) is 0 Å². The molecule has 1 aliphatic heterocycles. The summed E-state index contributed by atoms with van der Waals surface area (Å²) < 4.78 is 17.7. The van der Waals surface area contributed by atoms with E-state index in [1.165, 1.54) is 6.07 Å². The first kappa shape index (κ1) is 36.4. The first-order valence-electron chi connectivity index (χ1n) is 16.9. The highest BCUT2D eigenvalue weighted by Crippen LogP contribution is 2.55. The normalized spacial score (nSPS) is 18.5. The van der Waals surface area contributed by atoms with Crippen LogP contribution in [-0.2, 0) is 20.7 Å². The molecule has 0 amide bonds. The highest BCUT2D eigenvalue weighted by molar-refractivity contribution is 6.07. The van der Waals surface area contributed by atoms with E-state index in [1.807, 2.05) is 6.07 Å². The number of methoxy groups -OCH3 is 1. The minimum atomic E-state index is -0.737. The molecule has 0 saturated heterocycles. The summed E-state index contributed by atoms with van der Waals surface area (Å²) in [6.07, 6.45) is 4.62. The van der Waals surface area contributed by atoms with Crippen LogP contribution in [0.25, 0.3) is 0 Å². The molecule has 50 heavy (non-hydrogen) atoms. The number of ketones is 2. The lowest BCUT2D eigenvalue weighted by Gasteiger charge is -2.49. The van der Waals surface area contributed by atoms with Gasteiger partial charge in [0.1, 0.15) is 0 Å². The lowest BCUT2D eigenvalue weighted by molar-refractivity contribution is -0.394. The van der Waals surface area contributed by atoms with E-state index in [0.29, 0.717) is 61.1 Å². The predicted molar refractivity (Wildman–Crippen MR) is 187 cm³/mol. The molecule has 2 aliphatic carbocycles. The second-order valence-electron chi connectivity index (χ2n) is 14.7. The third kappa shape index (κ3) is 7.21. The average molecular weight is 688 g/mol. The molecule has 3 aliphatic rings. The Kier molecular flexibility index (Phi) is 10.3. The van der Waals surface area contributed by atoms with Gasteiger partial charge in [-0.3, -0.25) is 29.8 Å². The molecule has 0 bridgehead atoms. The number of nitro benzene ring substituents is 2. The Bertz CT molecular complexity index is 1770. The number of rotatable bonds is 13. The average Bonchev–Trinajstić information content (AvgIpc) is 3.01. The van der Waals surface area contributed by atoms with Gasteiger partial charge >= 0.3 is 5.69 Å². The highest BCUT2D eigenvalue weighted by atomic mass is 16.6. The van der Waals surface area contributed by atoms with Crippen LogP contribution < -0.4 is 9.47 Å². The Morgan fingerprint density at radius 3 is 2.06 bits per heavy atom. The van der Waals surface area contributed by atoms with Crippen molar-refractivity contribution in [3.8, 4) is 17.2 Å². The molecule has 0 aromatic heterocycles. The molecule has 266 valence electrons. The van der Waals surface area contributed by atoms with Gasteiger partial charge in [-0.1, -0.05) is 39.8 Å². The zero-order valence-electron chi connectivity index (χ0n) is 29.6. The minimum absolute atomic E-state index is 0.00719. The van der Waals surface area contributed by atoms with Crippen molar-refractivity contribution >= 4 is 22.9 Å².